The number of alkyl halides is 2. The van der Waals surface area contributed by atoms with E-state index in [1.54, 1.807) is 0 Å². The van der Waals surface area contributed by atoms with Gasteiger partial charge in [0.05, 0.1) is 0 Å². The van der Waals surface area contributed by atoms with E-state index < -0.39 is 3.42 Å². The average molecular weight is 336 g/mol. The summed E-state index contributed by atoms with van der Waals surface area (Å²) >= 11 is 7.09. The zero-order chi connectivity index (χ0) is 11.1. The van der Waals surface area contributed by atoms with Gasteiger partial charge in [-0.15, -0.1) is 0 Å². The molecule has 0 unspecified atom stereocenters. The van der Waals surface area contributed by atoms with Crippen molar-refractivity contribution in [3.63, 3.8) is 0 Å². The Labute approximate surface area is 108 Å². The summed E-state index contributed by atoms with van der Waals surface area (Å²) in [5.41, 5.74) is 0. The summed E-state index contributed by atoms with van der Waals surface area (Å²) in [6, 6.07) is 9.83. The molecule has 0 spiro atoms. The van der Waals surface area contributed by atoms with Gasteiger partial charge in [-0.25, -0.2) is 0 Å². The molecule has 1 aromatic rings. The predicted molar refractivity (Wildman–Crippen MR) is 71.8 cm³/mol. The van der Waals surface area contributed by atoms with Gasteiger partial charge in [-0.05, 0) is 50.4 Å². The SMILES string of the molecule is CCCCCC(Br)(Br)Oc1ccccc1. The third kappa shape index (κ3) is 5.57. The molecule has 0 saturated heterocycles. The number of rotatable bonds is 6. The lowest BCUT2D eigenvalue weighted by Crippen LogP contribution is -2.20. The summed E-state index contributed by atoms with van der Waals surface area (Å²) in [4.78, 5) is 0. The van der Waals surface area contributed by atoms with Crippen LogP contribution in [0.3, 0.4) is 0 Å². The highest BCUT2D eigenvalue weighted by molar-refractivity contribution is 9.25. The van der Waals surface area contributed by atoms with Crippen molar-refractivity contribution in [3.05, 3.63) is 30.3 Å². The highest BCUT2D eigenvalue weighted by atomic mass is 79.9. The molecule has 0 N–H and O–H groups in total. The van der Waals surface area contributed by atoms with Crippen molar-refractivity contribution < 1.29 is 4.74 Å². The van der Waals surface area contributed by atoms with Crippen LogP contribution in [0.1, 0.15) is 32.6 Å². The van der Waals surface area contributed by atoms with Crippen LogP contribution in [0.4, 0.5) is 0 Å². The molecule has 1 aromatic carbocycles. The summed E-state index contributed by atoms with van der Waals surface area (Å²) in [6.07, 6.45) is 4.56. The van der Waals surface area contributed by atoms with Crippen LogP contribution in [-0.4, -0.2) is 3.42 Å². The molecule has 0 heterocycles. The molecule has 0 fully saturated rings. The maximum absolute atomic E-state index is 5.78. The molecule has 0 aliphatic heterocycles. The highest BCUT2D eigenvalue weighted by Gasteiger charge is 2.23. The summed E-state index contributed by atoms with van der Waals surface area (Å²) in [5.74, 6) is 0.878. The van der Waals surface area contributed by atoms with Crippen LogP contribution in [0, 0.1) is 0 Å². The van der Waals surface area contributed by atoms with Gasteiger partial charge in [0.25, 0.3) is 0 Å². The summed E-state index contributed by atoms with van der Waals surface area (Å²) < 4.78 is 5.36. The lowest BCUT2D eigenvalue weighted by Gasteiger charge is -2.22. The van der Waals surface area contributed by atoms with Gasteiger partial charge in [-0.1, -0.05) is 38.0 Å². The molecule has 1 rings (SSSR count). The van der Waals surface area contributed by atoms with E-state index in [1.165, 1.54) is 12.8 Å². The minimum atomic E-state index is -0.420. The Balaban J connectivity index is 2.42. The molecule has 0 bridgehead atoms. The zero-order valence-electron chi connectivity index (χ0n) is 8.88. The first-order chi connectivity index (χ1) is 7.14. The molecular formula is C12H16Br2O. The first-order valence-electron chi connectivity index (χ1n) is 5.26. The molecule has 0 radical (unpaired) electrons. The number of benzene rings is 1. The van der Waals surface area contributed by atoms with Gasteiger partial charge >= 0.3 is 0 Å². The zero-order valence-corrected chi connectivity index (χ0v) is 12.1. The van der Waals surface area contributed by atoms with Crippen LogP contribution in [0.25, 0.3) is 0 Å². The molecule has 0 aromatic heterocycles. The van der Waals surface area contributed by atoms with Crippen LogP contribution in [0.2, 0.25) is 0 Å². The van der Waals surface area contributed by atoms with Crippen molar-refractivity contribution >= 4 is 31.9 Å². The van der Waals surface area contributed by atoms with Gasteiger partial charge in [0, 0.05) is 6.42 Å². The van der Waals surface area contributed by atoms with Crippen LogP contribution >= 0.6 is 31.9 Å². The van der Waals surface area contributed by atoms with Crippen molar-refractivity contribution in [2.45, 2.75) is 36.0 Å². The van der Waals surface area contributed by atoms with Gasteiger partial charge < -0.3 is 4.74 Å². The standard InChI is InChI=1S/C12H16Br2O/c1-2-3-7-10-12(13,14)15-11-8-5-4-6-9-11/h4-6,8-9H,2-3,7,10H2,1H3. The van der Waals surface area contributed by atoms with E-state index in [9.17, 15) is 0 Å². The van der Waals surface area contributed by atoms with Crippen molar-refractivity contribution in [2.24, 2.45) is 0 Å². The third-order valence-corrected chi connectivity index (χ3v) is 3.20. The first-order valence-corrected chi connectivity index (χ1v) is 6.84. The van der Waals surface area contributed by atoms with Gasteiger partial charge in [0.2, 0.25) is 3.42 Å². The van der Waals surface area contributed by atoms with Gasteiger partial charge in [-0.3, -0.25) is 0 Å². The smallest absolute Gasteiger partial charge is 0.217 e. The number of hydrogen-bond acceptors (Lipinski definition) is 1. The molecular weight excluding hydrogens is 320 g/mol. The molecule has 15 heavy (non-hydrogen) atoms. The fraction of sp³-hybridized carbons (Fsp3) is 0.500. The summed E-state index contributed by atoms with van der Waals surface area (Å²) in [7, 11) is 0. The van der Waals surface area contributed by atoms with Crippen LogP contribution in [0.15, 0.2) is 30.3 Å². The van der Waals surface area contributed by atoms with Gasteiger partial charge in [-0.2, -0.15) is 0 Å². The molecule has 0 aliphatic carbocycles. The number of hydrogen-bond donors (Lipinski definition) is 0. The second-order valence-electron chi connectivity index (χ2n) is 3.51. The molecule has 0 aliphatic rings. The maximum atomic E-state index is 5.78. The Morgan fingerprint density at radius 2 is 1.80 bits per heavy atom. The Morgan fingerprint density at radius 3 is 2.40 bits per heavy atom. The lowest BCUT2D eigenvalue weighted by atomic mass is 10.2. The Morgan fingerprint density at radius 1 is 1.13 bits per heavy atom. The molecule has 0 atom stereocenters. The van der Waals surface area contributed by atoms with E-state index in [0.29, 0.717) is 0 Å². The van der Waals surface area contributed by atoms with Gasteiger partial charge in [0.15, 0.2) is 0 Å². The quantitative estimate of drug-likeness (QED) is 0.519. The van der Waals surface area contributed by atoms with Crippen molar-refractivity contribution in [3.8, 4) is 5.75 Å². The highest BCUT2D eigenvalue weighted by Crippen LogP contribution is 2.34. The van der Waals surface area contributed by atoms with E-state index in [1.807, 2.05) is 30.3 Å². The molecule has 84 valence electrons. The number of para-hydroxylation sites is 1. The Kier molecular flexibility index (Phi) is 5.69. The van der Waals surface area contributed by atoms with Crippen LogP contribution in [0.5, 0.6) is 5.75 Å². The number of ether oxygens (including phenoxy) is 1. The lowest BCUT2D eigenvalue weighted by molar-refractivity contribution is 0.254. The maximum Gasteiger partial charge on any atom is 0.217 e. The van der Waals surface area contributed by atoms with Crippen molar-refractivity contribution in [2.75, 3.05) is 0 Å². The summed E-state index contributed by atoms with van der Waals surface area (Å²) in [5, 5.41) is 0. The van der Waals surface area contributed by atoms with Crippen LogP contribution in [-0.2, 0) is 0 Å². The fourth-order valence-electron chi connectivity index (χ4n) is 1.29. The van der Waals surface area contributed by atoms with Crippen molar-refractivity contribution in [1.29, 1.82) is 0 Å². The van der Waals surface area contributed by atoms with E-state index in [-0.39, 0.29) is 0 Å². The van der Waals surface area contributed by atoms with E-state index in [4.69, 9.17) is 4.74 Å². The largest absolute Gasteiger partial charge is 0.466 e. The average Bonchev–Trinajstić information content (AvgIpc) is 2.18. The second kappa shape index (κ2) is 6.54. The third-order valence-electron chi connectivity index (χ3n) is 2.08. The molecule has 0 saturated carbocycles. The normalized spacial score (nSPS) is 11.4. The second-order valence-corrected chi connectivity index (χ2v) is 7.14. The first kappa shape index (κ1) is 13.0. The van der Waals surface area contributed by atoms with E-state index >= 15 is 0 Å². The summed E-state index contributed by atoms with van der Waals surface area (Å²) in [6.45, 7) is 2.20. The van der Waals surface area contributed by atoms with Crippen LogP contribution < -0.4 is 4.74 Å². The Hall–Kier alpha value is -0.0200. The van der Waals surface area contributed by atoms with E-state index in [0.717, 1.165) is 18.6 Å². The minimum Gasteiger partial charge on any atom is -0.466 e. The van der Waals surface area contributed by atoms with Gasteiger partial charge in [0.1, 0.15) is 5.75 Å². The number of unbranched alkanes of at least 4 members (excludes halogenated alkanes) is 2. The monoisotopic (exact) mass is 334 g/mol. The molecule has 0 amide bonds. The molecule has 1 nitrogen and oxygen atoms in total. The van der Waals surface area contributed by atoms with Crippen molar-refractivity contribution in [1.82, 2.24) is 0 Å². The minimum absolute atomic E-state index is 0.420. The van der Waals surface area contributed by atoms with E-state index in [2.05, 4.69) is 38.8 Å². The predicted octanol–water partition coefficient (Wildman–Crippen LogP) is 5.09. The fourth-order valence-corrected chi connectivity index (χ4v) is 2.23. The number of halogens is 2. The topological polar surface area (TPSA) is 9.23 Å². The Bertz CT molecular complexity index is 272. The molecule has 3 heteroatoms.